The number of aromatic nitrogens is 2. The smallest absolute Gasteiger partial charge is 0.117 e. The lowest BCUT2D eigenvalue weighted by Crippen LogP contribution is -2.19. The van der Waals surface area contributed by atoms with Crippen LogP contribution in [0.1, 0.15) is 17.3 Å². The van der Waals surface area contributed by atoms with Crippen LogP contribution in [0.2, 0.25) is 0 Å². The van der Waals surface area contributed by atoms with E-state index in [1.165, 1.54) is 0 Å². The van der Waals surface area contributed by atoms with Crippen LogP contribution in [0.3, 0.4) is 0 Å². The normalized spacial score (nSPS) is 10.9. The lowest BCUT2D eigenvalue weighted by molar-refractivity contribution is 0.456. The van der Waals surface area contributed by atoms with Gasteiger partial charge in [0, 0.05) is 25.5 Å². The van der Waals surface area contributed by atoms with Crippen molar-refractivity contribution in [3.63, 3.8) is 0 Å². The summed E-state index contributed by atoms with van der Waals surface area (Å²) in [5.41, 5.74) is 0. The number of nitrogens with zero attached hydrogens (tertiary/aromatic N) is 2. The molecule has 4 nitrogen and oxygen atoms in total. The van der Waals surface area contributed by atoms with Gasteiger partial charge in [0.15, 0.2) is 0 Å². The summed E-state index contributed by atoms with van der Waals surface area (Å²) in [6.07, 6.45) is 3.82. The topological polar surface area (TPSA) is 43.0 Å². The third kappa shape index (κ3) is 2.73. The molecule has 0 radical (unpaired) electrons. The van der Waals surface area contributed by atoms with E-state index in [9.17, 15) is 0 Å². The van der Waals surface area contributed by atoms with Gasteiger partial charge in [0.05, 0.1) is 6.54 Å². The fourth-order valence-electron chi connectivity index (χ4n) is 1.63. The molecule has 2 aromatic rings. The van der Waals surface area contributed by atoms with Gasteiger partial charge in [0.2, 0.25) is 0 Å². The summed E-state index contributed by atoms with van der Waals surface area (Å²) in [6, 6.07) is 3.99. The van der Waals surface area contributed by atoms with Crippen LogP contribution in [-0.2, 0) is 13.1 Å². The molecule has 2 heterocycles. The minimum Gasteiger partial charge on any atom is -0.465 e. The first kappa shape index (κ1) is 11.0. The largest absolute Gasteiger partial charge is 0.465 e. The first-order chi connectivity index (χ1) is 7.75. The molecule has 0 saturated heterocycles. The molecule has 86 valence electrons. The highest BCUT2D eigenvalue weighted by molar-refractivity contribution is 5.05. The molecule has 0 aliphatic heterocycles. The van der Waals surface area contributed by atoms with Crippen LogP contribution in [0.5, 0.6) is 0 Å². The zero-order chi connectivity index (χ0) is 11.4. The molecule has 2 rings (SSSR count). The van der Waals surface area contributed by atoms with Gasteiger partial charge in [-0.25, -0.2) is 4.98 Å². The number of hydrogen-bond donors (Lipinski definition) is 1. The fourth-order valence-corrected chi connectivity index (χ4v) is 1.63. The molecular formula is C12H17N3O. The van der Waals surface area contributed by atoms with Crippen LogP contribution in [-0.4, -0.2) is 16.1 Å². The van der Waals surface area contributed by atoms with Gasteiger partial charge in [0.1, 0.15) is 17.3 Å². The second-order valence-corrected chi connectivity index (χ2v) is 3.86. The lowest BCUT2D eigenvalue weighted by Gasteiger charge is -2.05. The molecule has 0 aliphatic rings. The molecule has 0 atom stereocenters. The SMILES string of the molecule is Cc1ccc(CNCCn2ccnc2C)o1. The number of rotatable bonds is 5. The minimum absolute atomic E-state index is 0.779. The zero-order valence-corrected chi connectivity index (χ0v) is 9.73. The van der Waals surface area contributed by atoms with Gasteiger partial charge in [-0.1, -0.05) is 0 Å². The van der Waals surface area contributed by atoms with E-state index in [1.807, 2.05) is 38.4 Å². The van der Waals surface area contributed by atoms with Crippen molar-refractivity contribution in [3.8, 4) is 0 Å². The molecule has 4 heteroatoms. The summed E-state index contributed by atoms with van der Waals surface area (Å²) in [7, 11) is 0. The van der Waals surface area contributed by atoms with Crippen LogP contribution < -0.4 is 5.32 Å². The van der Waals surface area contributed by atoms with E-state index < -0.39 is 0 Å². The first-order valence-corrected chi connectivity index (χ1v) is 5.49. The first-order valence-electron chi connectivity index (χ1n) is 5.49. The van der Waals surface area contributed by atoms with Crippen molar-refractivity contribution in [2.45, 2.75) is 26.9 Å². The quantitative estimate of drug-likeness (QED) is 0.781. The third-order valence-corrected chi connectivity index (χ3v) is 2.55. The van der Waals surface area contributed by atoms with E-state index in [0.717, 1.165) is 37.0 Å². The average molecular weight is 219 g/mol. The number of nitrogens with one attached hydrogen (secondary N) is 1. The van der Waals surface area contributed by atoms with Crippen molar-refractivity contribution in [1.82, 2.24) is 14.9 Å². The maximum absolute atomic E-state index is 5.46. The number of aryl methyl sites for hydroxylation is 2. The highest BCUT2D eigenvalue weighted by Crippen LogP contribution is 2.05. The summed E-state index contributed by atoms with van der Waals surface area (Å²) in [6.45, 7) is 6.60. The van der Waals surface area contributed by atoms with Crippen molar-refractivity contribution in [1.29, 1.82) is 0 Å². The van der Waals surface area contributed by atoms with Gasteiger partial charge >= 0.3 is 0 Å². The summed E-state index contributed by atoms with van der Waals surface area (Å²) in [5.74, 6) is 3.00. The minimum atomic E-state index is 0.779. The van der Waals surface area contributed by atoms with Crippen LogP contribution >= 0.6 is 0 Å². The Hall–Kier alpha value is -1.55. The fraction of sp³-hybridized carbons (Fsp3) is 0.417. The average Bonchev–Trinajstić information content (AvgIpc) is 2.83. The van der Waals surface area contributed by atoms with Crippen molar-refractivity contribution < 1.29 is 4.42 Å². The van der Waals surface area contributed by atoms with Crippen LogP contribution in [0, 0.1) is 13.8 Å². The van der Waals surface area contributed by atoms with E-state index in [4.69, 9.17) is 4.42 Å². The van der Waals surface area contributed by atoms with E-state index in [2.05, 4.69) is 14.9 Å². The standard InChI is InChI=1S/C12H17N3O/c1-10-3-4-12(16-10)9-13-5-7-15-8-6-14-11(15)2/h3-4,6,8,13H,5,7,9H2,1-2H3. The molecule has 0 spiro atoms. The molecule has 0 saturated carbocycles. The zero-order valence-electron chi connectivity index (χ0n) is 9.73. The van der Waals surface area contributed by atoms with Gasteiger partial charge in [-0.2, -0.15) is 0 Å². The Kier molecular flexibility index (Phi) is 3.41. The molecule has 0 amide bonds. The Labute approximate surface area is 95.3 Å². The molecule has 0 fully saturated rings. The van der Waals surface area contributed by atoms with Crippen molar-refractivity contribution in [3.05, 3.63) is 41.9 Å². The van der Waals surface area contributed by atoms with E-state index >= 15 is 0 Å². The maximum Gasteiger partial charge on any atom is 0.117 e. The molecular weight excluding hydrogens is 202 g/mol. The van der Waals surface area contributed by atoms with Crippen LogP contribution in [0.4, 0.5) is 0 Å². The Morgan fingerprint density at radius 3 is 2.88 bits per heavy atom. The van der Waals surface area contributed by atoms with Crippen molar-refractivity contribution in [2.24, 2.45) is 0 Å². The number of imidazole rings is 1. The number of hydrogen-bond acceptors (Lipinski definition) is 3. The van der Waals surface area contributed by atoms with E-state index in [0.29, 0.717) is 0 Å². The Bertz CT molecular complexity index is 445. The van der Waals surface area contributed by atoms with E-state index in [1.54, 1.807) is 0 Å². The Morgan fingerprint density at radius 2 is 2.25 bits per heavy atom. The number of furan rings is 1. The predicted octanol–water partition coefficient (Wildman–Crippen LogP) is 1.88. The predicted molar refractivity (Wildman–Crippen MR) is 62.1 cm³/mol. The summed E-state index contributed by atoms with van der Waals surface area (Å²) in [4.78, 5) is 4.17. The molecule has 16 heavy (non-hydrogen) atoms. The molecule has 1 N–H and O–H groups in total. The summed E-state index contributed by atoms with van der Waals surface area (Å²) < 4.78 is 7.59. The van der Waals surface area contributed by atoms with Crippen LogP contribution in [0.15, 0.2) is 28.9 Å². The van der Waals surface area contributed by atoms with Gasteiger partial charge in [-0.05, 0) is 26.0 Å². The van der Waals surface area contributed by atoms with Crippen molar-refractivity contribution in [2.75, 3.05) is 6.54 Å². The molecule has 0 unspecified atom stereocenters. The summed E-state index contributed by atoms with van der Waals surface area (Å²) >= 11 is 0. The van der Waals surface area contributed by atoms with Gasteiger partial charge in [0.25, 0.3) is 0 Å². The monoisotopic (exact) mass is 219 g/mol. The molecule has 0 aliphatic carbocycles. The Morgan fingerprint density at radius 1 is 1.38 bits per heavy atom. The summed E-state index contributed by atoms with van der Waals surface area (Å²) in [5, 5.41) is 3.34. The van der Waals surface area contributed by atoms with E-state index in [-0.39, 0.29) is 0 Å². The van der Waals surface area contributed by atoms with Gasteiger partial charge in [-0.15, -0.1) is 0 Å². The van der Waals surface area contributed by atoms with Crippen LogP contribution in [0.25, 0.3) is 0 Å². The molecule has 0 bridgehead atoms. The maximum atomic E-state index is 5.46. The second-order valence-electron chi connectivity index (χ2n) is 3.86. The third-order valence-electron chi connectivity index (χ3n) is 2.55. The van der Waals surface area contributed by atoms with Crippen molar-refractivity contribution >= 4 is 0 Å². The highest BCUT2D eigenvalue weighted by Gasteiger charge is 1.98. The van der Waals surface area contributed by atoms with Gasteiger partial charge < -0.3 is 14.3 Å². The van der Waals surface area contributed by atoms with Gasteiger partial charge in [-0.3, -0.25) is 0 Å². The second kappa shape index (κ2) is 4.99. The Balaban J connectivity index is 1.71. The molecule has 0 aromatic carbocycles. The lowest BCUT2D eigenvalue weighted by atomic mass is 10.4. The highest BCUT2D eigenvalue weighted by atomic mass is 16.3. The molecule has 2 aromatic heterocycles.